The summed E-state index contributed by atoms with van der Waals surface area (Å²) in [5, 5.41) is 3.66. The van der Waals surface area contributed by atoms with E-state index < -0.39 is 5.91 Å². The van der Waals surface area contributed by atoms with Crippen LogP contribution in [-0.2, 0) is 4.79 Å². The molecule has 0 aromatic carbocycles. The molecule has 0 saturated heterocycles. The van der Waals surface area contributed by atoms with Crippen LogP contribution in [0.15, 0.2) is 4.52 Å². The Labute approximate surface area is 69.7 Å². The molecule has 0 aliphatic carbocycles. The number of carbonyl (C=O) groups is 1. The predicted octanol–water partition coefficient (Wildman–Crippen LogP) is 0.128. The Balaban J connectivity index is 3.05. The van der Waals surface area contributed by atoms with E-state index in [9.17, 15) is 4.79 Å². The fraction of sp³-hybridized carbons (Fsp3) is 0.250. The lowest BCUT2D eigenvalue weighted by Gasteiger charge is -1.82. The van der Waals surface area contributed by atoms with Gasteiger partial charge in [0.1, 0.15) is 5.76 Å². The van der Waals surface area contributed by atoms with Gasteiger partial charge in [-0.05, 0) is 13.8 Å². The van der Waals surface area contributed by atoms with Crippen LogP contribution < -0.4 is 5.73 Å². The number of primary amides is 1. The quantitative estimate of drug-likeness (QED) is 0.554. The number of carbonyl (C=O) groups excluding carboxylic acids is 1. The van der Waals surface area contributed by atoms with Gasteiger partial charge in [0.15, 0.2) is 0 Å². The topological polar surface area (TPSA) is 69.1 Å². The van der Waals surface area contributed by atoms with E-state index in [1.54, 1.807) is 13.8 Å². The Bertz CT molecular complexity index is 349. The van der Waals surface area contributed by atoms with E-state index in [1.165, 1.54) is 0 Å². The number of nitrogens with two attached hydrogens (primary N) is 1. The summed E-state index contributed by atoms with van der Waals surface area (Å²) < 4.78 is 4.82. The highest BCUT2D eigenvalue weighted by molar-refractivity contribution is 5.92. The molecule has 0 aliphatic heterocycles. The summed E-state index contributed by atoms with van der Waals surface area (Å²) in [4.78, 5) is 10.3. The zero-order valence-electron chi connectivity index (χ0n) is 6.84. The molecule has 0 aliphatic rings. The fourth-order valence-corrected chi connectivity index (χ4v) is 0.786. The molecule has 0 atom stereocenters. The summed E-state index contributed by atoms with van der Waals surface area (Å²) in [6.45, 7) is 3.48. The third-order valence-electron chi connectivity index (χ3n) is 1.34. The molecule has 1 aromatic rings. The van der Waals surface area contributed by atoms with Gasteiger partial charge in [-0.3, -0.25) is 4.79 Å². The molecule has 4 heteroatoms. The van der Waals surface area contributed by atoms with Gasteiger partial charge in [-0.2, -0.15) is 0 Å². The predicted molar refractivity (Wildman–Crippen MR) is 42.0 cm³/mol. The van der Waals surface area contributed by atoms with E-state index in [0.717, 1.165) is 0 Å². The Hall–Kier alpha value is -1.76. The highest BCUT2D eigenvalue weighted by Gasteiger charge is 2.04. The molecule has 62 valence electrons. The lowest BCUT2D eigenvalue weighted by molar-refractivity contribution is -0.112. The van der Waals surface area contributed by atoms with Crippen molar-refractivity contribution >= 4 is 5.91 Å². The lowest BCUT2D eigenvalue weighted by atomic mass is 10.2. The maximum absolute atomic E-state index is 10.3. The van der Waals surface area contributed by atoms with Crippen LogP contribution in [0.4, 0.5) is 0 Å². The van der Waals surface area contributed by atoms with Gasteiger partial charge in [-0.15, -0.1) is 0 Å². The minimum absolute atomic E-state index is 0.598. The Morgan fingerprint density at radius 3 is 2.67 bits per heavy atom. The van der Waals surface area contributed by atoms with E-state index in [1.807, 2.05) is 0 Å². The molecule has 1 amide bonds. The van der Waals surface area contributed by atoms with Gasteiger partial charge in [0, 0.05) is 5.92 Å². The molecule has 0 unspecified atom stereocenters. The third-order valence-corrected chi connectivity index (χ3v) is 1.34. The summed E-state index contributed by atoms with van der Waals surface area (Å²) >= 11 is 0. The maximum atomic E-state index is 10.3. The maximum Gasteiger partial charge on any atom is 0.293 e. The molecule has 4 nitrogen and oxygen atoms in total. The largest absolute Gasteiger partial charge is 0.360 e. The average molecular weight is 164 g/mol. The van der Waals surface area contributed by atoms with Gasteiger partial charge in [-0.25, -0.2) is 0 Å². The van der Waals surface area contributed by atoms with Crippen molar-refractivity contribution < 1.29 is 9.32 Å². The summed E-state index contributed by atoms with van der Waals surface area (Å²) in [5.41, 5.74) is 6.15. The minimum Gasteiger partial charge on any atom is -0.360 e. The number of hydrogen-bond donors (Lipinski definition) is 1. The normalized spacial score (nSPS) is 8.83. The minimum atomic E-state index is -0.657. The van der Waals surface area contributed by atoms with E-state index >= 15 is 0 Å². The molecule has 1 rings (SSSR count). The first kappa shape index (κ1) is 8.34. The number of rotatable bonds is 0. The first-order valence-corrected chi connectivity index (χ1v) is 3.35. The third kappa shape index (κ3) is 1.64. The molecule has 0 saturated carbocycles. The molecular weight excluding hydrogens is 156 g/mol. The average Bonchev–Trinajstić information content (AvgIpc) is 2.28. The molecule has 0 spiro atoms. The second kappa shape index (κ2) is 3.09. The molecule has 2 N–H and O–H groups in total. The second-order valence-electron chi connectivity index (χ2n) is 2.31. The standard InChI is InChI=1S/C8H8N2O2/c1-5-7(3-4-8(9)11)6(2)12-10-5/h1-2H3,(H2,9,11). The van der Waals surface area contributed by atoms with Crippen LogP contribution in [0.5, 0.6) is 0 Å². The summed E-state index contributed by atoms with van der Waals surface area (Å²) in [6, 6.07) is 0. The molecular formula is C8H8N2O2. The van der Waals surface area contributed by atoms with Crippen molar-refractivity contribution in [3.8, 4) is 11.8 Å². The molecule has 12 heavy (non-hydrogen) atoms. The van der Waals surface area contributed by atoms with Gasteiger partial charge in [0.05, 0.1) is 11.3 Å². The summed E-state index contributed by atoms with van der Waals surface area (Å²) in [5.74, 6) is 4.74. The Morgan fingerprint density at radius 2 is 2.25 bits per heavy atom. The lowest BCUT2D eigenvalue weighted by Crippen LogP contribution is -2.06. The van der Waals surface area contributed by atoms with Gasteiger partial charge in [0.25, 0.3) is 5.91 Å². The number of amides is 1. The first-order chi connectivity index (χ1) is 5.61. The highest BCUT2D eigenvalue weighted by Crippen LogP contribution is 2.09. The molecule has 0 radical (unpaired) electrons. The van der Waals surface area contributed by atoms with Crippen LogP contribution in [0.25, 0.3) is 0 Å². The van der Waals surface area contributed by atoms with Crippen LogP contribution in [0.2, 0.25) is 0 Å². The molecule has 1 heterocycles. The van der Waals surface area contributed by atoms with Gasteiger partial charge in [0.2, 0.25) is 0 Å². The highest BCUT2D eigenvalue weighted by atomic mass is 16.5. The van der Waals surface area contributed by atoms with E-state index in [0.29, 0.717) is 17.0 Å². The SMILES string of the molecule is Cc1noc(C)c1C#CC(N)=O. The fourth-order valence-electron chi connectivity index (χ4n) is 0.786. The Morgan fingerprint density at radius 1 is 1.58 bits per heavy atom. The Kier molecular flexibility index (Phi) is 2.15. The monoisotopic (exact) mass is 164 g/mol. The van der Waals surface area contributed by atoms with Gasteiger partial charge < -0.3 is 10.3 Å². The number of aryl methyl sites for hydroxylation is 2. The smallest absolute Gasteiger partial charge is 0.293 e. The van der Waals surface area contributed by atoms with E-state index in [4.69, 9.17) is 10.3 Å². The van der Waals surface area contributed by atoms with Crippen LogP contribution in [-0.4, -0.2) is 11.1 Å². The van der Waals surface area contributed by atoms with E-state index in [2.05, 4.69) is 17.0 Å². The second-order valence-corrected chi connectivity index (χ2v) is 2.31. The van der Waals surface area contributed by atoms with Crippen molar-refractivity contribution in [2.24, 2.45) is 5.73 Å². The van der Waals surface area contributed by atoms with Crippen molar-refractivity contribution in [1.82, 2.24) is 5.16 Å². The number of aromatic nitrogens is 1. The summed E-state index contributed by atoms with van der Waals surface area (Å²) in [6.07, 6.45) is 0. The van der Waals surface area contributed by atoms with Crippen LogP contribution in [0, 0.1) is 25.7 Å². The number of hydrogen-bond acceptors (Lipinski definition) is 3. The van der Waals surface area contributed by atoms with Crippen LogP contribution in [0.1, 0.15) is 17.0 Å². The number of nitrogens with zero attached hydrogens (tertiary/aromatic N) is 1. The summed E-state index contributed by atoms with van der Waals surface area (Å²) in [7, 11) is 0. The van der Waals surface area contributed by atoms with Gasteiger partial charge >= 0.3 is 0 Å². The molecule has 0 fully saturated rings. The van der Waals surface area contributed by atoms with Crippen molar-refractivity contribution in [1.29, 1.82) is 0 Å². The first-order valence-electron chi connectivity index (χ1n) is 3.35. The van der Waals surface area contributed by atoms with Crippen LogP contribution >= 0.6 is 0 Å². The van der Waals surface area contributed by atoms with Crippen LogP contribution in [0.3, 0.4) is 0 Å². The van der Waals surface area contributed by atoms with Crippen molar-refractivity contribution in [2.45, 2.75) is 13.8 Å². The zero-order valence-corrected chi connectivity index (χ0v) is 6.84. The van der Waals surface area contributed by atoms with E-state index in [-0.39, 0.29) is 0 Å². The zero-order chi connectivity index (χ0) is 9.14. The van der Waals surface area contributed by atoms with Crippen molar-refractivity contribution in [2.75, 3.05) is 0 Å². The molecule has 1 aromatic heterocycles. The van der Waals surface area contributed by atoms with Crippen molar-refractivity contribution in [3.05, 3.63) is 17.0 Å². The van der Waals surface area contributed by atoms with Crippen molar-refractivity contribution in [3.63, 3.8) is 0 Å². The van der Waals surface area contributed by atoms with Gasteiger partial charge in [-0.1, -0.05) is 11.1 Å². The molecule has 0 bridgehead atoms.